The van der Waals surface area contributed by atoms with Gasteiger partial charge in [0.2, 0.25) is 0 Å². The van der Waals surface area contributed by atoms with Crippen LogP contribution >= 0.6 is 11.3 Å². The maximum Gasteiger partial charge on any atom is 0.162 e. The molecule has 4 nitrogen and oxygen atoms in total. The van der Waals surface area contributed by atoms with Crippen molar-refractivity contribution in [3.63, 3.8) is 0 Å². The van der Waals surface area contributed by atoms with E-state index < -0.39 is 0 Å². The topological polar surface area (TPSA) is 32.3 Å². The van der Waals surface area contributed by atoms with E-state index in [1.165, 1.54) is 16.3 Å². The molecule has 0 bridgehead atoms. The number of nitrogens with zero attached hydrogens (tertiary/aromatic N) is 4. The minimum atomic E-state index is -0.0328. The first-order valence-corrected chi connectivity index (χ1v) is 11.6. The number of para-hydroxylation sites is 1. The molecule has 0 fully saturated rings. The number of aromatic nitrogens is 2. The molecule has 0 radical (unpaired) electrons. The standard InChI is InChI=1S/C25H28N4S/c1-5-14-25(7-3)18-11-8-9-12-19(18)29-22-20(16-26-17-27-22)28(21-13-10-15-30-21)23(29)24(25,4)6-2/h5,8-13,15-17,23H,1,6-7,14H2,2-4H3. The maximum absolute atomic E-state index is 4.78. The van der Waals surface area contributed by atoms with Gasteiger partial charge in [0.15, 0.2) is 5.82 Å². The van der Waals surface area contributed by atoms with Crippen molar-refractivity contribution in [1.29, 1.82) is 0 Å². The van der Waals surface area contributed by atoms with Crippen LogP contribution in [0.1, 0.15) is 45.6 Å². The fourth-order valence-electron chi connectivity index (χ4n) is 5.99. The van der Waals surface area contributed by atoms with Gasteiger partial charge in [-0.2, -0.15) is 0 Å². The number of hydrogen-bond acceptors (Lipinski definition) is 5. The summed E-state index contributed by atoms with van der Waals surface area (Å²) in [7, 11) is 0. The fraction of sp³-hybridized carbons (Fsp3) is 0.360. The third-order valence-electron chi connectivity index (χ3n) is 7.57. The smallest absolute Gasteiger partial charge is 0.162 e. The van der Waals surface area contributed by atoms with Crippen LogP contribution in [0.3, 0.4) is 0 Å². The van der Waals surface area contributed by atoms with E-state index in [4.69, 9.17) is 4.98 Å². The SMILES string of the molecule is C=CCC1(CC)c2ccccc2N2c3ncncc3N(c3cccs3)C2C1(C)CC. The Kier molecular flexibility index (Phi) is 4.47. The molecular formula is C25H28N4S. The van der Waals surface area contributed by atoms with Gasteiger partial charge < -0.3 is 9.80 Å². The molecule has 0 aliphatic carbocycles. The van der Waals surface area contributed by atoms with E-state index >= 15 is 0 Å². The number of allylic oxidation sites excluding steroid dienone is 1. The largest absolute Gasteiger partial charge is 0.306 e. The highest BCUT2D eigenvalue weighted by molar-refractivity contribution is 7.14. The maximum atomic E-state index is 4.78. The molecule has 0 spiro atoms. The minimum absolute atomic E-state index is 0.00770. The average Bonchev–Trinajstić information content (AvgIpc) is 3.43. The number of hydrogen-bond donors (Lipinski definition) is 0. The molecule has 30 heavy (non-hydrogen) atoms. The number of rotatable bonds is 5. The predicted octanol–water partition coefficient (Wildman–Crippen LogP) is 6.81. The molecule has 5 heteroatoms. The second-order valence-electron chi connectivity index (χ2n) is 8.51. The lowest BCUT2D eigenvalue weighted by Gasteiger charge is -2.59. The minimum Gasteiger partial charge on any atom is -0.306 e. The molecule has 0 saturated carbocycles. The van der Waals surface area contributed by atoms with Crippen LogP contribution in [-0.2, 0) is 5.41 Å². The summed E-state index contributed by atoms with van der Waals surface area (Å²) in [5.41, 5.74) is 3.72. The molecular weight excluding hydrogens is 388 g/mol. The molecule has 3 aromatic rings. The van der Waals surface area contributed by atoms with Crippen molar-refractivity contribution in [2.24, 2.45) is 5.41 Å². The zero-order valence-corrected chi connectivity index (χ0v) is 18.7. The number of fused-ring (bicyclic) bond motifs is 5. The van der Waals surface area contributed by atoms with E-state index in [0.29, 0.717) is 0 Å². The zero-order valence-electron chi connectivity index (χ0n) is 17.9. The van der Waals surface area contributed by atoms with E-state index in [2.05, 4.69) is 90.0 Å². The second kappa shape index (κ2) is 6.95. The van der Waals surface area contributed by atoms with Crippen LogP contribution in [0, 0.1) is 5.41 Å². The Hall–Kier alpha value is -2.66. The zero-order chi connectivity index (χ0) is 20.9. The first kappa shape index (κ1) is 19.3. The van der Waals surface area contributed by atoms with Gasteiger partial charge in [-0.15, -0.1) is 17.9 Å². The highest BCUT2D eigenvalue weighted by atomic mass is 32.1. The highest BCUT2D eigenvalue weighted by Gasteiger charge is 2.62. The summed E-state index contributed by atoms with van der Waals surface area (Å²) in [5, 5.41) is 3.39. The average molecular weight is 417 g/mol. The summed E-state index contributed by atoms with van der Waals surface area (Å²) in [4.78, 5) is 14.1. The fourth-order valence-corrected chi connectivity index (χ4v) is 6.75. The molecule has 0 N–H and O–H groups in total. The van der Waals surface area contributed by atoms with Crippen LogP contribution in [0.4, 0.5) is 22.2 Å². The Morgan fingerprint density at radius 3 is 2.63 bits per heavy atom. The Morgan fingerprint density at radius 2 is 1.93 bits per heavy atom. The quantitative estimate of drug-likeness (QED) is 0.428. The Bertz CT molecular complexity index is 1080. The predicted molar refractivity (Wildman–Crippen MR) is 126 cm³/mol. The Labute approximate surface area is 182 Å². The van der Waals surface area contributed by atoms with Crippen LogP contribution < -0.4 is 9.80 Å². The van der Waals surface area contributed by atoms with Gasteiger partial charge in [-0.3, -0.25) is 0 Å². The van der Waals surface area contributed by atoms with E-state index in [1.807, 2.05) is 6.20 Å². The van der Waals surface area contributed by atoms with Crippen molar-refractivity contribution >= 4 is 33.5 Å². The molecule has 2 aliphatic heterocycles. The van der Waals surface area contributed by atoms with Crippen molar-refractivity contribution in [3.8, 4) is 0 Å². The van der Waals surface area contributed by atoms with Gasteiger partial charge >= 0.3 is 0 Å². The van der Waals surface area contributed by atoms with Gasteiger partial charge in [0, 0.05) is 16.5 Å². The molecule has 3 atom stereocenters. The van der Waals surface area contributed by atoms with Gasteiger partial charge in [0.25, 0.3) is 0 Å². The van der Waals surface area contributed by atoms with Crippen molar-refractivity contribution in [3.05, 3.63) is 72.5 Å². The first-order valence-electron chi connectivity index (χ1n) is 10.8. The van der Waals surface area contributed by atoms with Gasteiger partial charge in [-0.25, -0.2) is 9.97 Å². The summed E-state index contributed by atoms with van der Waals surface area (Å²) in [5.74, 6) is 0.999. The van der Waals surface area contributed by atoms with Crippen molar-refractivity contribution in [2.75, 3.05) is 9.80 Å². The highest BCUT2D eigenvalue weighted by Crippen LogP contribution is 2.65. The van der Waals surface area contributed by atoms with Gasteiger partial charge in [0.05, 0.1) is 11.2 Å². The summed E-state index contributed by atoms with van der Waals surface area (Å²) >= 11 is 1.78. The summed E-state index contributed by atoms with van der Waals surface area (Å²) < 4.78 is 0. The van der Waals surface area contributed by atoms with Crippen molar-refractivity contribution in [2.45, 2.75) is 51.6 Å². The number of benzene rings is 1. The second-order valence-corrected chi connectivity index (χ2v) is 9.44. The number of thiophene rings is 1. The molecule has 154 valence electrons. The van der Waals surface area contributed by atoms with Crippen LogP contribution in [0.5, 0.6) is 0 Å². The molecule has 5 rings (SSSR count). The lowest BCUT2D eigenvalue weighted by Crippen LogP contribution is -2.62. The van der Waals surface area contributed by atoms with Crippen LogP contribution in [0.2, 0.25) is 0 Å². The first-order chi connectivity index (χ1) is 14.6. The van der Waals surface area contributed by atoms with Gasteiger partial charge in [-0.05, 0) is 48.4 Å². The normalized spacial score (nSPS) is 26.8. The molecule has 4 heterocycles. The third-order valence-corrected chi connectivity index (χ3v) is 8.43. The molecule has 2 aromatic heterocycles. The van der Waals surface area contributed by atoms with Gasteiger partial charge in [-0.1, -0.05) is 45.0 Å². The summed E-state index contributed by atoms with van der Waals surface area (Å²) in [6.07, 6.45) is 8.95. The Morgan fingerprint density at radius 1 is 1.10 bits per heavy atom. The van der Waals surface area contributed by atoms with Crippen LogP contribution in [0.25, 0.3) is 0 Å². The lowest BCUT2D eigenvalue weighted by atomic mass is 9.53. The monoisotopic (exact) mass is 416 g/mol. The van der Waals surface area contributed by atoms with Crippen LogP contribution in [0.15, 0.2) is 67.0 Å². The molecule has 0 saturated heterocycles. The van der Waals surface area contributed by atoms with Crippen LogP contribution in [-0.4, -0.2) is 16.1 Å². The van der Waals surface area contributed by atoms with Gasteiger partial charge in [0.1, 0.15) is 18.2 Å². The summed E-state index contributed by atoms with van der Waals surface area (Å²) in [6.45, 7) is 11.3. The third kappa shape index (κ3) is 2.27. The molecule has 0 amide bonds. The summed E-state index contributed by atoms with van der Waals surface area (Å²) in [6, 6.07) is 13.2. The molecule has 3 unspecified atom stereocenters. The molecule has 1 aromatic carbocycles. The van der Waals surface area contributed by atoms with E-state index in [9.17, 15) is 0 Å². The Balaban J connectivity index is 1.87. The van der Waals surface area contributed by atoms with E-state index in [-0.39, 0.29) is 17.0 Å². The van der Waals surface area contributed by atoms with E-state index in [1.54, 1.807) is 17.7 Å². The van der Waals surface area contributed by atoms with Crippen molar-refractivity contribution < 1.29 is 0 Å². The molecule has 2 aliphatic rings. The van der Waals surface area contributed by atoms with Crippen molar-refractivity contribution in [1.82, 2.24) is 9.97 Å². The lowest BCUT2D eigenvalue weighted by molar-refractivity contribution is 0.0833. The van der Waals surface area contributed by atoms with E-state index in [0.717, 1.165) is 30.8 Å². The number of anilines is 4.